The van der Waals surface area contributed by atoms with Crippen LogP contribution in [-0.4, -0.2) is 47.6 Å². The number of nitrogens with zero attached hydrogens (tertiary/aromatic N) is 1. The zero-order valence-electron chi connectivity index (χ0n) is 32.3. The minimum Gasteiger partial charge on any atom is -0.329 e. The van der Waals surface area contributed by atoms with E-state index in [2.05, 4.69) is 59.3 Å². The summed E-state index contributed by atoms with van der Waals surface area (Å²) >= 11 is 0. The SMILES string of the molecule is CCCCCCCCC=CCCCCCCCCC(CCCCCCCCC=CCCCCCCCC)(C[N+](C)(C)C)OP(=O)(O)O. The van der Waals surface area contributed by atoms with Crippen LogP contribution in [0.1, 0.15) is 206 Å². The van der Waals surface area contributed by atoms with Gasteiger partial charge in [0.25, 0.3) is 0 Å². The van der Waals surface area contributed by atoms with Crippen LogP contribution < -0.4 is 0 Å². The summed E-state index contributed by atoms with van der Waals surface area (Å²) < 4.78 is 18.5. The Morgan fingerprint density at radius 3 is 1.04 bits per heavy atom. The maximum Gasteiger partial charge on any atom is 0.470 e. The van der Waals surface area contributed by atoms with Crippen LogP contribution in [0.3, 0.4) is 0 Å². The molecule has 0 aliphatic rings. The Bertz CT molecular complexity index is 728. The fourth-order valence-electron chi connectivity index (χ4n) is 6.91. The normalized spacial score (nSPS) is 14.1. The molecule has 0 heterocycles. The number of likely N-dealkylation sites (N-methyl/N-ethyl adjacent to an activating group) is 1. The summed E-state index contributed by atoms with van der Waals surface area (Å²) in [5.74, 6) is 0. The summed E-state index contributed by atoms with van der Waals surface area (Å²) in [6.07, 6.45) is 46.2. The highest BCUT2D eigenvalue weighted by Gasteiger charge is 2.41. The monoisotopic (exact) mass is 685 g/mol. The lowest BCUT2D eigenvalue weighted by atomic mass is 9.88. The van der Waals surface area contributed by atoms with Crippen LogP contribution in [0.2, 0.25) is 0 Å². The van der Waals surface area contributed by atoms with Gasteiger partial charge in [-0.3, -0.25) is 4.52 Å². The van der Waals surface area contributed by atoms with Gasteiger partial charge in [0.05, 0.1) is 21.1 Å². The van der Waals surface area contributed by atoms with Crippen molar-refractivity contribution in [2.45, 2.75) is 212 Å². The smallest absolute Gasteiger partial charge is 0.329 e. The molecule has 0 bridgehead atoms. The molecule has 0 fully saturated rings. The summed E-state index contributed by atoms with van der Waals surface area (Å²) in [6, 6.07) is 0. The van der Waals surface area contributed by atoms with Gasteiger partial charge in [0, 0.05) is 0 Å². The first-order valence-electron chi connectivity index (χ1n) is 20.4. The van der Waals surface area contributed by atoms with Crippen LogP contribution in [0.25, 0.3) is 0 Å². The minimum absolute atomic E-state index is 0.619. The third-order valence-electron chi connectivity index (χ3n) is 9.36. The predicted molar refractivity (Wildman–Crippen MR) is 207 cm³/mol. The number of hydrogen-bond acceptors (Lipinski definition) is 2. The van der Waals surface area contributed by atoms with Crippen LogP contribution in [-0.2, 0) is 9.09 Å². The number of hydrogen-bond donors (Lipinski definition) is 2. The van der Waals surface area contributed by atoms with Gasteiger partial charge in [0.2, 0.25) is 0 Å². The Morgan fingerprint density at radius 2 is 0.766 bits per heavy atom. The highest BCUT2D eigenvalue weighted by Crippen LogP contribution is 2.46. The second kappa shape index (κ2) is 31.5. The molecule has 0 aromatic rings. The zero-order valence-corrected chi connectivity index (χ0v) is 33.2. The van der Waals surface area contributed by atoms with Crippen LogP contribution in [0.5, 0.6) is 0 Å². The van der Waals surface area contributed by atoms with Gasteiger partial charge in [0.1, 0.15) is 12.1 Å². The fraction of sp³-hybridized carbons (Fsp3) is 0.902. The van der Waals surface area contributed by atoms with Gasteiger partial charge in [-0.2, -0.15) is 0 Å². The van der Waals surface area contributed by atoms with Crippen molar-refractivity contribution in [2.24, 2.45) is 0 Å². The molecule has 0 saturated carbocycles. The average Bonchev–Trinajstić information content (AvgIpc) is 2.99. The van der Waals surface area contributed by atoms with E-state index in [-0.39, 0.29) is 0 Å². The van der Waals surface area contributed by atoms with Crippen molar-refractivity contribution >= 4 is 7.82 Å². The first-order valence-corrected chi connectivity index (χ1v) is 21.9. The summed E-state index contributed by atoms with van der Waals surface area (Å²) in [4.78, 5) is 19.8. The van der Waals surface area contributed by atoms with Crippen molar-refractivity contribution in [3.8, 4) is 0 Å². The van der Waals surface area contributed by atoms with E-state index >= 15 is 0 Å². The van der Waals surface area contributed by atoms with Crippen molar-refractivity contribution in [3.63, 3.8) is 0 Å². The molecule has 280 valence electrons. The molecule has 0 unspecified atom stereocenters. The standard InChI is InChI=1S/C41H82NO4P/c1-6-8-10-12-14-16-18-20-22-24-26-28-30-32-34-36-38-41(40-42(3,4)5,46-47(43,44)45)39-37-35-33-31-29-27-25-23-21-19-17-15-13-11-9-7-2/h20-23H,6-19,24-40H2,1-5H3,(H-,43,44,45)/p+1. The molecule has 0 amide bonds. The molecule has 47 heavy (non-hydrogen) atoms. The van der Waals surface area contributed by atoms with Gasteiger partial charge in [0.15, 0.2) is 0 Å². The summed E-state index contributed by atoms with van der Waals surface area (Å²) in [7, 11) is 1.72. The van der Waals surface area contributed by atoms with Gasteiger partial charge >= 0.3 is 7.82 Å². The van der Waals surface area contributed by atoms with Gasteiger partial charge < -0.3 is 14.3 Å². The van der Waals surface area contributed by atoms with E-state index in [1.54, 1.807) is 0 Å². The van der Waals surface area contributed by atoms with E-state index < -0.39 is 13.4 Å². The van der Waals surface area contributed by atoms with E-state index in [0.29, 0.717) is 11.0 Å². The van der Waals surface area contributed by atoms with E-state index in [1.807, 2.05) is 0 Å². The van der Waals surface area contributed by atoms with E-state index in [4.69, 9.17) is 4.52 Å². The Kier molecular flexibility index (Phi) is 31.2. The van der Waals surface area contributed by atoms with E-state index in [1.165, 1.54) is 154 Å². The quantitative estimate of drug-likeness (QED) is 0.0298. The van der Waals surface area contributed by atoms with E-state index in [9.17, 15) is 14.4 Å². The van der Waals surface area contributed by atoms with Crippen molar-refractivity contribution < 1.29 is 23.4 Å². The molecule has 6 heteroatoms. The van der Waals surface area contributed by atoms with Crippen LogP contribution in [0, 0.1) is 0 Å². The highest BCUT2D eigenvalue weighted by atomic mass is 31.2. The predicted octanol–water partition coefficient (Wildman–Crippen LogP) is 13.4. The van der Waals surface area contributed by atoms with Gasteiger partial charge in [-0.05, 0) is 64.2 Å². The van der Waals surface area contributed by atoms with Gasteiger partial charge in [-0.15, -0.1) is 0 Å². The van der Waals surface area contributed by atoms with Crippen molar-refractivity contribution in [1.82, 2.24) is 0 Å². The Balaban J connectivity index is 4.30. The lowest BCUT2D eigenvalue weighted by Crippen LogP contribution is -2.50. The minimum atomic E-state index is -4.58. The average molecular weight is 685 g/mol. The fourth-order valence-corrected chi connectivity index (χ4v) is 7.65. The van der Waals surface area contributed by atoms with Crippen molar-refractivity contribution in [3.05, 3.63) is 24.3 Å². The molecule has 5 nitrogen and oxygen atoms in total. The topological polar surface area (TPSA) is 66.8 Å². The molecule has 0 aliphatic carbocycles. The first kappa shape index (κ1) is 46.5. The number of phosphoric ester groups is 1. The maximum atomic E-state index is 12.1. The zero-order chi connectivity index (χ0) is 35.0. The van der Waals surface area contributed by atoms with Crippen molar-refractivity contribution in [1.29, 1.82) is 0 Å². The van der Waals surface area contributed by atoms with Gasteiger partial charge in [-0.25, -0.2) is 4.57 Å². The molecule has 0 radical (unpaired) electrons. The second-order valence-corrected chi connectivity index (χ2v) is 16.8. The van der Waals surface area contributed by atoms with Crippen LogP contribution in [0.4, 0.5) is 0 Å². The number of allylic oxidation sites excluding steroid dienone is 4. The lowest BCUT2D eigenvalue weighted by Gasteiger charge is -2.39. The van der Waals surface area contributed by atoms with Gasteiger partial charge in [-0.1, -0.05) is 167 Å². The molecule has 0 aliphatic heterocycles. The Hall–Kier alpha value is -0.450. The second-order valence-electron chi connectivity index (χ2n) is 15.6. The third-order valence-corrected chi connectivity index (χ3v) is 9.99. The van der Waals surface area contributed by atoms with Crippen molar-refractivity contribution in [2.75, 3.05) is 27.7 Å². The Labute approximate surface area is 294 Å². The molecular formula is C41H83NO4P+. The molecule has 0 spiro atoms. The molecule has 0 aromatic heterocycles. The van der Waals surface area contributed by atoms with Crippen LogP contribution in [0.15, 0.2) is 24.3 Å². The summed E-state index contributed by atoms with van der Waals surface area (Å²) in [5.41, 5.74) is -0.765. The maximum absolute atomic E-state index is 12.1. The third kappa shape index (κ3) is 35.2. The largest absolute Gasteiger partial charge is 0.470 e. The Morgan fingerprint density at radius 1 is 0.489 bits per heavy atom. The molecule has 0 saturated heterocycles. The molecule has 0 aromatic carbocycles. The summed E-state index contributed by atoms with van der Waals surface area (Å²) in [5, 5.41) is 0. The number of quaternary nitrogens is 1. The number of rotatable bonds is 36. The number of unbranched alkanes of at least 4 members (excludes halogenated alkanes) is 24. The van der Waals surface area contributed by atoms with Crippen LogP contribution >= 0.6 is 7.82 Å². The molecular weight excluding hydrogens is 601 g/mol. The number of phosphoric acid groups is 1. The first-order chi connectivity index (χ1) is 22.5. The molecule has 2 N–H and O–H groups in total. The summed E-state index contributed by atoms with van der Waals surface area (Å²) in [6.45, 7) is 5.16. The highest BCUT2D eigenvalue weighted by molar-refractivity contribution is 7.46. The molecule has 0 atom stereocenters. The molecule has 0 rings (SSSR count). The lowest BCUT2D eigenvalue weighted by molar-refractivity contribution is -0.876. The van der Waals surface area contributed by atoms with E-state index in [0.717, 1.165) is 38.5 Å².